The van der Waals surface area contributed by atoms with Gasteiger partial charge in [0.15, 0.2) is 0 Å². The monoisotopic (exact) mass is 693 g/mol. The van der Waals surface area contributed by atoms with E-state index < -0.39 is 29.9 Å². The normalized spacial score (nSPS) is 12.7. The summed E-state index contributed by atoms with van der Waals surface area (Å²) in [7, 11) is 0. The van der Waals surface area contributed by atoms with Crippen molar-refractivity contribution in [1.29, 1.82) is 0 Å². The number of nitrogens with zero attached hydrogens (tertiary/aromatic N) is 1. The van der Waals surface area contributed by atoms with Crippen molar-refractivity contribution < 1.29 is 43.7 Å². The van der Waals surface area contributed by atoms with E-state index in [1.807, 2.05) is 35.6 Å². The molecule has 0 unspecified atom stereocenters. The van der Waals surface area contributed by atoms with E-state index >= 15 is 0 Å². The minimum Gasteiger partial charge on any atom is -0.465 e. The molecule has 0 heterocycles. The average Bonchev–Trinajstić information content (AvgIpc) is 3.00. The highest BCUT2D eigenvalue weighted by Gasteiger charge is 2.21. The van der Waals surface area contributed by atoms with Crippen molar-refractivity contribution in [3.8, 4) is 0 Å². The number of carbonyl (C=O) groups excluding carboxylic acids is 3. The molecule has 1 aromatic rings. The van der Waals surface area contributed by atoms with Gasteiger partial charge in [-0.3, -0.25) is 25.2 Å². The summed E-state index contributed by atoms with van der Waals surface area (Å²) in [5.41, 5.74) is 0.192. The molecule has 5 amide bonds. The Morgan fingerprint density at radius 1 is 0.837 bits per heavy atom. The highest BCUT2D eigenvalue weighted by Crippen LogP contribution is 2.07. The first kappa shape index (κ1) is 42.6. The van der Waals surface area contributed by atoms with Gasteiger partial charge in [-0.15, -0.1) is 0 Å². The summed E-state index contributed by atoms with van der Waals surface area (Å²) in [6.07, 6.45) is 1.76. The molecule has 0 bridgehead atoms. The first-order chi connectivity index (χ1) is 23.2. The Labute approximate surface area is 288 Å². The minimum atomic E-state index is -1.37. The maximum atomic E-state index is 13.0. The molecule has 0 aliphatic rings. The van der Waals surface area contributed by atoms with Gasteiger partial charge in [0.05, 0.1) is 13.2 Å². The molecule has 0 aliphatic carbocycles. The largest absolute Gasteiger partial charge is 0.465 e. The van der Waals surface area contributed by atoms with Gasteiger partial charge in [0, 0.05) is 25.6 Å². The lowest BCUT2D eigenvalue weighted by molar-refractivity contribution is -0.130. The van der Waals surface area contributed by atoms with Crippen LogP contribution in [0.25, 0.3) is 0 Å². The number of benzene rings is 1. The van der Waals surface area contributed by atoms with Crippen molar-refractivity contribution >= 4 is 36.1 Å². The van der Waals surface area contributed by atoms with E-state index in [9.17, 15) is 24.0 Å². The molecule has 0 spiro atoms. The molecule has 2 atom stereocenters. The zero-order valence-corrected chi connectivity index (χ0v) is 29.1. The number of rotatable bonds is 22. The van der Waals surface area contributed by atoms with Crippen LogP contribution in [0.4, 0.5) is 14.4 Å². The lowest BCUT2D eigenvalue weighted by Crippen LogP contribution is -2.49. The highest BCUT2D eigenvalue weighted by atomic mass is 16.6. The lowest BCUT2D eigenvalue weighted by atomic mass is 10.1. The van der Waals surface area contributed by atoms with Crippen molar-refractivity contribution in [3.63, 3.8) is 0 Å². The Hall–Kier alpha value is -4.44. The van der Waals surface area contributed by atoms with E-state index in [1.54, 1.807) is 27.7 Å². The van der Waals surface area contributed by atoms with Crippen LogP contribution in [0.5, 0.6) is 0 Å². The average molecular weight is 694 g/mol. The molecule has 49 heavy (non-hydrogen) atoms. The fourth-order valence-corrected chi connectivity index (χ4v) is 4.31. The van der Waals surface area contributed by atoms with E-state index in [2.05, 4.69) is 31.6 Å². The number of guanidine groups is 1. The minimum absolute atomic E-state index is 0.0125. The Kier molecular flexibility index (Phi) is 21.4. The highest BCUT2D eigenvalue weighted by molar-refractivity contribution is 6.00. The van der Waals surface area contributed by atoms with Gasteiger partial charge < -0.3 is 41.0 Å². The second kappa shape index (κ2) is 24.7. The third-order valence-electron chi connectivity index (χ3n) is 6.68. The van der Waals surface area contributed by atoms with Crippen LogP contribution in [-0.4, -0.2) is 96.7 Å². The SMILES string of the molecule is C[C@H](CCNCCCCNC(=O)[C@H](COCc1ccccc1)NC(=O)CCCCCCN=C(NC(=O)O)NC(=O)OC(C)(C)C)NC(=O)O. The van der Waals surface area contributed by atoms with Crippen molar-refractivity contribution in [2.24, 2.45) is 4.99 Å². The maximum absolute atomic E-state index is 13.0. The number of alkyl carbamates (subject to hydrolysis) is 1. The third-order valence-corrected chi connectivity index (χ3v) is 6.68. The Morgan fingerprint density at radius 2 is 1.53 bits per heavy atom. The van der Waals surface area contributed by atoms with E-state index in [-0.39, 0.29) is 43.4 Å². The summed E-state index contributed by atoms with van der Waals surface area (Å²) in [5, 5.41) is 33.4. The molecular weight excluding hydrogens is 638 g/mol. The summed E-state index contributed by atoms with van der Waals surface area (Å²) in [6.45, 7) is 9.25. The zero-order valence-electron chi connectivity index (χ0n) is 29.1. The van der Waals surface area contributed by atoms with Crippen LogP contribution in [-0.2, 0) is 25.7 Å². The van der Waals surface area contributed by atoms with Crippen LogP contribution in [0.2, 0.25) is 0 Å². The van der Waals surface area contributed by atoms with Crippen LogP contribution >= 0.6 is 0 Å². The van der Waals surface area contributed by atoms with Crippen LogP contribution in [0.1, 0.15) is 84.6 Å². The second-order valence-corrected chi connectivity index (χ2v) is 12.5. The van der Waals surface area contributed by atoms with Gasteiger partial charge in [0.2, 0.25) is 17.8 Å². The fourth-order valence-electron chi connectivity index (χ4n) is 4.31. The summed E-state index contributed by atoms with van der Waals surface area (Å²) >= 11 is 0. The number of hydrogen-bond acceptors (Lipinski definition) is 9. The van der Waals surface area contributed by atoms with Gasteiger partial charge in [-0.2, -0.15) is 0 Å². The molecule has 0 aliphatic heterocycles. The van der Waals surface area contributed by atoms with Crippen molar-refractivity contribution in [2.45, 2.75) is 103 Å². The number of carbonyl (C=O) groups is 5. The van der Waals surface area contributed by atoms with Gasteiger partial charge >= 0.3 is 18.3 Å². The molecule has 276 valence electrons. The van der Waals surface area contributed by atoms with Crippen LogP contribution < -0.4 is 31.9 Å². The number of aliphatic imine (C=N–C) groups is 1. The third kappa shape index (κ3) is 24.4. The molecular formula is C33H55N7O9. The summed E-state index contributed by atoms with van der Waals surface area (Å²) in [5.74, 6) is -0.827. The van der Waals surface area contributed by atoms with E-state index in [0.717, 1.165) is 24.9 Å². The van der Waals surface area contributed by atoms with Gasteiger partial charge in [0.25, 0.3) is 0 Å². The second-order valence-electron chi connectivity index (χ2n) is 12.5. The number of hydrogen-bond donors (Lipinski definition) is 8. The van der Waals surface area contributed by atoms with Crippen molar-refractivity contribution in [2.75, 3.05) is 32.8 Å². The maximum Gasteiger partial charge on any atom is 0.414 e. The molecule has 1 aromatic carbocycles. The quantitative estimate of drug-likeness (QED) is 0.0502. The van der Waals surface area contributed by atoms with Gasteiger partial charge in [-0.1, -0.05) is 43.2 Å². The van der Waals surface area contributed by atoms with Crippen LogP contribution in [0.15, 0.2) is 35.3 Å². The summed E-state index contributed by atoms with van der Waals surface area (Å²) in [6, 6.07) is 8.52. The molecule has 0 saturated heterocycles. The number of unbranched alkanes of at least 4 members (excludes halogenated alkanes) is 4. The number of nitrogens with one attached hydrogen (secondary N) is 6. The molecule has 0 aromatic heterocycles. The van der Waals surface area contributed by atoms with Gasteiger partial charge in [0.1, 0.15) is 11.6 Å². The molecule has 1 rings (SSSR count). The fraction of sp³-hybridized carbons (Fsp3) is 0.636. The lowest BCUT2D eigenvalue weighted by Gasteiger charge is -2.20. The topological polar surface area (TPSA) is 229 Å². The van der Waals surface area contributed by atoms with Crippen molar-refractivity contribution in [3.05, 3.63) is 35.9 Å². The first-order valence-corrected chi connectivity index (χ1v) is 16.7. The predicted molar refractivity (Wildman–Crippen MR) is 184 cm³/mol. The molecule has 16 heteroatoms. The summed E-state index contributed by atoms with van der Waals surface area (Å²) < 4.78 is 10.9. The zero-order chi connectivity index (χ0) is 36.5. The van der Waals surface area contributed by atoms with Gasteiger partial charge in [-0.25, -0.2) is 14.4 Å². The van der Waals surface area contributed by atoms with Gasteiger partial charge in [-0.05, 0) is 78.5 Å². The number of amides is 5. The molecule has 0 radical (unpaired) electrons. The van der Waals surface area contributed by atoms with E-state index in [4.69, 9.17) is 19.7 Å². The van der Waals surface area contributed by atoms with Crippen LogP contribution in [0, 0.1) is 0 Å². The number of carboxylic acid groups (broad SMARTS) is 2. The van der Waals surface area contributed by atoms with E-state index in [1.165, 1.54) is 0 Å². The van der Waals surface area contributed by atoms with Crippen LogP contribution in [0.3, 0.4) is 0 Å². The predicted octanol–water partition coefficient (Wildman–Crippen LogP) is 3.32. The Bertz CT molecular complexity index is 1180. The number of ether oxygens (including phenoxy) is 2. The van der Waals surface area contributed by atoms with E-state index in [0.29, 0.717) is 51.8 Å². The first-order valence-electron chi connectivity index (χ1n) is 16.7. The summed E-state index contributed by atoms with van der Waals surface area (Å²) in [4.78, 5) is 63.4. The Morgan fingerprint density at radius 3 is 2.20 bits per heavy atom. The smallest absolute Gasteiger partial charge is 0.414 e. The Balaban J connectivity index is 2.45. The molecule has 0 fully saturated rings. The van der Waals surface area contributed by atoms with Crippen molar-refractivity contribution in [1.82, 2.24) is 31.9 Å². The molecule has 8 N–H and O–H groups in total. The molecule has 16 nitrogen and oxygen atoms in total. The standard InChI is InChI=1S/C33H55N7O9/c1-24(37-30(43)44)17-21-34-18-12-13-19-35-28(42)26(23-48-22-25-14-8-7-9-15-25)38-27(41)16-10-5-6-11-20-36-29(39-31(45)46)40-32(47)49-33(2,3)4/h7-9,14-15,24,26,34,37H,5-6,10-13,16-23H2,1-4H3,(H,35,42)(H,38,41)(H,43,44)(H,45,46)(H2,36,39,40,47)/t24-,26+/m1/s1. The molecule has 0 saturated carbocycles.